The van der Waals surface area contributed by atoms with Gasteiger partial charge in [-0.25, -0.2) is 4.79 Å². The highest BCUT2D eigenvalue weighted by Gasteiger charge is 2.30. The van der Waals surface area contributed by atoms with Crippen LogP contribution in [0.2, 0.25) is 0 Å². The van der Waals surface area contributed by atoms with Crippen LogP contribution in [0, 0.1) is 0 Å². The van der Waals surface area contributed by atoms with Crippen molar-refractivity contribution in [2.24, 2.45) is 44.4 Å². The number of aliphatic imine (C=N–C) groups is 2. The molecular formula is C23H47N11O5S. The molecule has 17 heteroatoms. The lowest BCUT2D eigenvalue weighted by Gasteiger charge is -2.25. The van der Waals surface area contributed by atoms with E-state index in [9.17, 15) is 24.3 Å². The fourth-order valence-electron chi connectivity index (χ4n) is 3.50. The Morgan fingerprint density at radius 2 is 1.20 bits per heavy atom. The van der Waals surface area contributed by atoms with Gasteiger partial charge in [-0.3, -0.25) is 24.4 Å². The molecule has 0 fully saturated rings. The molecule has 0 saturated heterocycles. The van der Waals surface area contributed by atoms with Crippen LogP contribution >= 0.6 is 11.8 Å². The number of amides is 3. The van der Waals surface area contributed by atoms with Gasteiger partial charge in [-0.1, -0.05) is 0 Å². The van der Waals surface area contributed by atoms with Gasteiger partial charge in [0.15, 0.2) is 11.9 Å². The van der Waals surface area contributed by atoms with Gasteiger partial charge in [-0.2, -0.15) is 11.8 Å². The molecule has 0 spiro atoms. The quantitative estimate of drug-likeness (QED) is 0.0340. The second-order valence-electron chi connectivity index (χ2n) is 9.09. The smallest absolute Gasteiger partial charge is 0.326 e. The van der Waals surface area contributed by atoms with Crippen molar-refractivity contribution < 1.29 is 24.3 Å². The Kier molecular flexibility index (Phi) is 19.7. The van der Waals surface area contributed by atoms with E-state index in [1.165, 1.54) is 11.8 Å². The summed E-state index contributed by atoms with van der Waals surface area (Å²) in [6.07, 6.45) is 4.59. The molecule has 40 heavy (non-hydrogen) atoms. The van der Waals surface area contributed by atoms with Gasteiger partial charge >= 0.3 is 5.97 Å². The number of carboxylic acid groups (broad SMARTS) is 1. The molecule has 3 amide bonds. The molecule has 4 atom stereocenters. The second kappa shape index (κ2) is 21.5. The molecule has 16 nitrogen and oxygen atoms in total. The monoisotopic (exact) mass is 589 g/mol. The molecule has 0 aliphatic carbocycles. The number of unbranched alkanes of at least 4 members (excludes halogenated alkanes) is 1. The van der Waals surface area contributed by atoms with E-state index in [1.807, 2.05) is 6.26 Å². The van der Waals surface area contributed by atoms with Crippen LogP contribution in [0.25, 0.3) is 0 Å². The molecule has 0 aromatic rings. The number of thioether (sulfide) groups is 1. The number of nitrogens with zero attached hydrogens (tertiary/aromatic N) is 2. The predicted molar refractivity (Wildman–Crippen MR) is 157 cm³/mol. The van der Waals surface area contributed by atoms with Crippen molar-refractivity contribution in [3.63, 3.8) is 0 Å². The van der Waals surface area contributed by atoms with Crippen molar-refractivity contribution in [2.75, 3.05) is 31.6 Å². The third-order valence-electron chi connectivity index (χ3n) is 5.69. The third-order valence-corrected chi connectivity index (χ3v) is 6.33. The fraction of sp³-hybridized carbons (Fsp3) is 0.739. The van der Waals surface area contributed by atoms with Gasteiger partial charge in [0.1, 0.15) is 18.1 Å². The first-order valence-electron chi connectivity index (χ1n) is 13.1. The zero-order chi connectivity index (χ0) is 30.5. The maximum absolute atomic E-state index is 13.3. The number of hydrogen-bond acceptors (Lipinski definition) is 9. The first kappa shape index (κ1) is 36.7. The van der Waals surface area contributed by atoms with Crippen LogP contribution in [0.1, 0.15) is 51.4 Å². The van der Waals surface area contributed by atoms with Crippen molar-refractivity contribution >= 4 is 47.4 Å². The molecule has 0 rings (SSSR count). The minimum Gasteiger partial charge on any atom is -0.480 e. The van der Waals surface area contributed by atoms with Gasteiger partial charge in [0, 0.05) is 13.1 Å². The number of carboxylic acids is 1. The maximum Gasteiger partial charge on any atom is 0.326 e. The summed E-state index contributed by atoms with van der Waals surface area (Å²) in [4.78, 5) is 58.4. The molecular weight excluding hydrogens is 542 g/mol. The lowest BCUT2D eigenvalue weighted by Crippen LogP contribution is -2.57. The van der Waals surface area contributed by atoms with Crippen LogP contribution in [0.4, 0.5) is 0 Å². The zero-order valence-corrected chi connectivity index (χ0v) is 24.0. The van der Waals surface area contributed by atoms with Gasteiger partial charge in [0.25, 0.3) is 0 Å². The van der Waals surface area contributed by atoms with Gasteiger partial charge in [0.2, 0.25) is 17.7 Å². The zero-order valence-electron chi connectivity index (χ0n) is 23.1. The highest BCUT2D eigenvalue weighted by atomic mass is 32.2. The molecule has 0 aromatic carbocycles. The van der Waals surface area contributed by atoms with Crippen molar-refractivity contribution in [1.82, 2.24) is 16.0 Å². The third kappa shape index (κ3) is 17.3. The van der Waals surface area contributed by atoms with Crippen LogP contribution in [0.5, 0.6) is 0 Å². The lowest BCUT2D eigenvalue weighted by molar-refractivity contribution is -0.142. The number of nitrogens with one attached hydrogen (secondary N) is 3. The Bertz CT molecular complexity index is 851. The molecule has 0 saturated carbocycles. The van der Waals surface area contributed by atoms with Crippen LogP contribution in [0.15, 0.2) is 9.98 Å². The predicted octanol–water partition coefficient (Wildman–Crippen LogP) is -3.16. The SMILES string of the molecule is CSCCC(NC(=O)C(CCCCN)NC(=O)C(CCCN=C(N)N)NC(=O)C(N)CCCN=C(N)N)C(=O)O. The number of carbonyl (C=O) groups excluding carboxylic acids is 3. The Balaban J connectivity index is 5.58. The van der Waals surface area contributed by atoms with E-state index < -0.39 is 47.9 Å². The van der Waals surface area contributed by atoms with E-state index in [0.29, 0.717) is 44.5 Å². The van der Waals surface area contributed by atoms with E-state index in [-0.39, 0.29) is 44.1 Å². The Labute approximate surface area is 239 Å². The summed E-state index contributed by atoms with van der Waals surface area (Å²) in [6.45, 7) is 0.890. The summed E-state index contributed by atoms with van der Waals surface area (Å²) in [5, 5.41) is 17.3. The average Bonchev–Trinajstić information content (AvgIpc) is 2.89. The first-order valence-corrected chi connectivity index (χ1v) is 14.5. The molecule has 230 valence electrons. The van der Waals surface area contributed by atoms with Crippen LogP contribution in [-0.4, -0.2) is 96.5 Å². The highest BCUT2D eigenvalue weighted by molar-refractivity contribution is 7.98. The Morgan fingerprint density at radius 1 is 0.725 bits per heavy atom. The number of carbonyl (C=O) groups is 4. The summed E-state index contributed by atoms with van der Waals surface area (Å²) < 4.78 is 0. The number of nitrogens with two attached hydrogens (primary N) is 6. The molecule has 0 heterocycles. The Morgan fingerprint density at radius 3 is 1.68 bits per heavy atom. The van der Waals surface area contributed by atoms with Gasteiger partial charge in [-0.15, -0.1) is 0 Å². The normalized spacial score (nSPS) is 13.7. The second-order valence-corrected chi connectivity index (χ2v) is 10.1. The number of guanidine groups is 2. The average molecular weight is 590 g/mol. The van der Waals surface area contributed by atoms with Crippen molar-refractivity contribution in [1.29, 1.82) is 0 Å². The summed E-state index contributed by atoms with van der Waals surface area (Å²) in [6, 6.07) is -4.14. The summed E-state index contributed by atoms with van der Waals surface area (Å²) in [5.74, 6) is -2.67. The maximum atomic E-state index is 13.3. The summed E-state index contributed by atoms with van der Waals surface area (Å²) in [5.41, 5.74) is 32.9. The fourth-order valence-corrected chi connectivity index (χ4v) is 3.97. The molecule has 0 aliphatic rings. The van der Waals surface area contributed by atoms with Crippen LogP contribution in [-0.2, 0) is 19.2 Å². The van der Waals surface area contributed by atoms with Crippen molar-refractivity contribution in [3.8, 4) is 0 Å². The molecule has 16 N–H and O–H groups in total. The highest BCUT2D eigenvalue weighted by Crippen LogP contribution is 2.08. The molecule has 0 aromatic heterocycles. The van der Waals surface area contributed by atoms with Crippen molar-refractivity contribution in [3.05, 3.63) is 0 Å². The minimum absolute atomic E-state index is 0.0699. The van der Waals surface area contributed by atoms with E-state index in [4.69, 9.17) is 34.4 Å². The number of aliphatic carboxylic acids is 1. The number of hydrogen-bond donors (Lipinski definition) is 10. The number of rotatable bonds is 22. The van der Waals surface area contributed by atoms with E-state index >= 15 is 0 Å². The summed E-state index contributed by atoms with van der Waals surface area (Å²) in [7, 11) is 0. The molecule has 0 aliphatic heterocycles. The topological polar surface area (TPSA) is 305 Å². The molecule has 4 unspecified atom stereocenters. The van der Waals surface area contributed by atoms with Gasteiger partial charge < -0.3 is 55.5 Å². The molecule has 0 radical (unpaired) electrons. The van der Waals surface area contributed by atoms with E-state index in [2.05, 4.69) is 25.9 Å². The van der Waals surface area contributed by atoms with Crippen LogP contribution < -0.4 is 50.4 Å². The Hall–Kier alpha value is -3.31. The summed E-state index contributed by atoms with van der Waals surface area (Å²) >= 11 is 1.45. The van der Waals surface area contributed by atoms with Crippen LogP contribution in [0.3, 0.4) is 0 Å². The van der Waals surface area contributed by atoms with E-state index in [1.54, 1.807) is 0 Å². The van der Waals surface area contributed by atoms with Gasteiger partial charge in [0.05, 0.1) is 6.04 Å². The van der Waals surface area contributed by atoms with E-state index in [0.717, 1.165) is 0 Å². The minimum atomic E-state index is -1.17. The standard InChI is InChI=1S/C23H47N11O5S/c1-40-13-9-17(21(38)39)34-20(37)15(7-2-3-10-24)33-19(36)16(8-5-12-31-23(28)29)32-18(35)14(25)6-4-11-30-22(26)27/h14-17H,2-13,24-25H2,1H3,(H,32,35)(H,33,36)(H,34,37)(H,38,39)(H4,26,27,30)(H4,28,29,31). The van der Waals surface area contributed by atoms with Gasteiger partial charge in [-0.05, 0) is 69.9 Å². The largest absolute Gasteiger partial charge is 0.480 e. The first-order chi connectivity index (χ1) is 18.9. The van der Waals surface area contributed by atoms with Crippen molar-refractivity contribution in [2.45, 2.75) is 75.5 Å². The molecule has 0 bridgehead atoms. The lowest BCUT2D eigenvalue weighted by atomic mass is 10.0.